The van der Waals surface area contributed by atoms with E-state index in [0.717, 1.165) is 34.3 Å². The van der Waals surface area contributed by atoms with Crippen LogP contribution in [0.1, 0.15) is 23.5 Å². The molecule has 0 aliphatic carbocycles. The summed E-state index contributed by atoms with van der Waals surface area (Å²) in [7, 11) is 0. The monoisotopic (exact) mass is 601 g/mol. The van der Waals surface area contributed by atoms with E-state index in [1.165, 1.54) is 29.7 Å². The van der Waals surface area contributed by atoms with Crippen LogP contribution >= 0.6 is 0 Å². The molecule has 0 amide bonds. The minimum absolute atomic E-state index is 0.0559. The van der Waals surface area contributed by atoms with Crippen molar-refractivity contribution in [2.24, 2.45) is 0 Å². The fourth-order valence-corrected chi connectivity index (χ4v) is 5.86. The summed E-state index contributed by atoms with van der Waals surface area (Å²) in [6, 6.07) is 19.6. The number of aliphatic hydroxyl groups is 1. The number of benzene rings is 3. The summed E-state index contributed by atoms with van der Waals surface area (Å²) in [5.74, 6) is 0.132. The predicted molar refractivity (Wildman–Crippen MR) is 158 cm³/mol. The maximum atomic E-state index is 14.1. The first-order chi connectivity index (χ1) is 21.1. The summed E-state index contributed by atoms with van der Waals surface area (Å²) in [6.07, 6.45) is -4.43. The highest BCUT2D eigenvalue weighted by Gasteiger charge is 2.39. The second-order valence-corrected chi connectivity index (χ2v) is 10.9. The Labute approximate surface area is 247 Å². The van der Waals surface area contributed by atoms with Gasteiger partial charge in [0, 0.05) is 19.6 Å². The molecule has 6 aromatic rings. The summed E-state index contributed by atoms with van der Waals surface area (Å²) < 4.78 is 49.6. The number of hydrogen-bond donors (Lipinski definition) is 2. The van der Waals surface area contributed by atoms with Crippen LogP contribution in [0.4, 0.5) is 19.0 Å². The van der Waals surface area contributed by atoms with Gasteiger partial charge < -0.3 is 15.4 Å². The highest BCUT2D eigenvalue weighted by atomic mass is 19.4. The molecule has 44 heavy (non-hydrogen) atoms. The zero-order chi connectivity index (χ0) is 30.7. The van der Waals surface area contributed by atoms with Gasteiger partial charge in [0.05, 0.1) is 22.9 Å². The molecule has 0 radical (unpaired) electrons. The molecule has 4 heterocycles. The van der Waals surface area contributed by atoms with E-state index in [1.54, 1.807) is 12.1 Å². The van der Waals surface area contributed by atoms with Crippen molar-refractivity contribution in [1.82, 2.24) is 29.4 Å². The first-order valence-corrected chi connectivity index (χ1v) is 13.9. The molecule has 1 aliphatic rings. The number of alkyl halides is 3. The topological polar surface area (TPSA) is 128 Å². The van der Waals surface area contributed by atoms with E-state index >= 15 is 0 Å². The lowest BCUT2D eigenvalue weighted by molar-refractivity contribution is -0.140. The Balaban J connectivity index is 1.33. The van der Waals surface area contributed by atoms with Crippen LogP contribution in [0.2, 0.25) is 0 Å². The molecule has 3 aromatic heterocycles. The first-order valence-electron chi connectivity index (χ1n) is 13.9. The van der Waals surface area contributed by atoms with Gasteiger partial charge in [0.2, 0.25) is 0 Å². The quantitative estimate of drug-likeness (QED) is 0.287. The van der Waals surface area contributed by atoms with Gasteiger partial charge in [-0.05, 0) is 60.4 Å². The highest BCUT2D eigenvalue weighted by molar-refractivity contribution is 5.89. The van der Waals surface area contributed by atoms with Crippen molar-refractivity contribution < 1.29 is 22.8 Å². The van der Waals surface area contributed by atoms with Gasteiger partial charge in [-0.3, -0.25) is 14.3 Å². The second-order valence-electron chi connectivity index (χ2n) is 10.9. The third kappa shape index (κ3) is 4.70. The van der Waals surface area contributed by atoms with Crippen LogP contribution in [0.5, 0.6) is 0 Å². The number of halogens is 3. The van der Waals surface area contributed by atoms with Crippen LogP contribution in [-0.2, 0) is 12.7 Å². The molecule has 0 bridgehead atoms. The van der Waals surface area contributed by atoms with E-state index in [9.17, 15) is 23.1 Å². The molecule has 1 saturated heterocycles. The van der Waals surface area contributed by atoms with Crippen molar-refractivity contribution in [3.05, 3.63) is 94.2 Å². The molecule has 13 heteroatoms. The summed E-state index contributed by atoms with van der Waals surface area (Å²) in [6.45, 7) is 3.61. The van der Waals surface area contributed by atoms with Gasteiger partial charge in [0.25, 0.3) is 5.56 Å². The van der Waals surface area contributed by atoms with Crippen molar-refractivity contribution in [3.63, 3.8) is 0 Å². The standard InChI is InChI=1S/C31H26F3N7O3/c1-17-36-26-27(41(37-28(26)31(32,33)34)21-10-11-25-24(14-21)29(35)38-44-25)30(43)40(17)20-8-6-18(7-9-20)23-5-3-2-4-19(23)15-39-13-12-22(42)16-39/h2-11,14,22,42H,12-13,15-16H2,1H3,(H2,35,38)/t22-/m1/s1. The van der Waals surface area contributed by atoms with Crippen LogP contribution in [0.3, 0.4) is 0 Å². The fourth-order valence-electron chi connectivity index (χ4n) is 5.86. The Bertz CT molecular complexity index is 2100. The van der Waals surface area contributed by atoms with Crippen LogP contribution in [0, 0.1) is 6.92 Å². The van der Waals surface area contributed by atoms with Gasteiger partial charge in [-0.15, -0.1) is 0 Å². The minimum Gasteiger partial charge on any atom is -0.392 e. The second kappa shape index (κ2) is 10.3. The number of nitrogen functional groups attached to an aromatic ring is 1. The number of aliphatic hydroxyl groups excluding tert-OH is 1. The Morgan fingerprint density at radius 3 is 2.55 bits per heavy atom. The van der Waals surface area contributed by atoms with Gasteiger partial charge in [-0.25, -0.2) is 9.67 Å². The Morgan fingerprint density at radius 1 is 1.07 bits per heavy atom. The van der Waals surface area contributed by atoms with E-state index < -0.39 is 22.9 Å². The minimum atomic E-state index is -4.86. The number of β-amino-alcohol motifs (C(OH)–C–C–N with tert-alkyl or cyclic N) is 1. The van der Waals surface area contributed by atoms with Gasteiger partial charge in [-0.2, -0.15) is 18.3 Å². The maximum Gasteiger partial charge on any atom is 0.437 e. The van der Waals surface area contributed by atoms with Gasteiger partial charge >= 0.3 is 6.18 Å². The number of anilines is 1. The zero-order valence-electron chi connectivity index (χ0n) is 23.4. The lowest BCUT2D eigenvalue weighted by Crippen LogP contribution is -2.24. The summed E-state index contributed by atoms with van der Waals surface area (Å²) >= 11 is 0. The molecule has 10 nitrogen and oxygen atoms in total. The van der Waals surface area contributed by atoms with E-state index in [0.29, 0.717) is 29.7 Å². The molecule has 1 aliphatic heterocycles. The summed E-state index contributed by atoms with van der Waals surface area (Å²) in [5, 5.41) is 17.8. The van der Waals surface area contributed by atoms with Gasteiger partial charge in [-0.1, -0.05) is 41.6 Å². The third-order valence-electron chi connectivity index (χ3n) is 7.95. The lowest BCUT2D eigenvalue weighted by atomic mass is 9.99. The summed E-state index contributed by atoms with van der Waals surface area (Å²) in [5.41, 5.74) is 6.96. The SMILES string of the molecule is Cc1nc2c(C(F)(F)F)nn(-c3ccc4onc(N)c4c3)c2c(=O)n1-c1ccc(-c2ccccc2CN2CC[C@@H](O)C2)cc1. The van der Waals surface area contributed by atoms with Crippen molar-refractivity contribution in [2.75, 3.05) is 18.8 Å². The molecule has 0 unspecified atom stereocenters. The average molecular weight is 602 g/mol. The molecule has 1 fully saturated rings. The number of aromatic nitrogens is 5. The number of likely N-dealkylation sites (tertiary alicyclic amines) is 1. The van der Waals surface area contributed by atoms with Crippen LogP contribution in [0.15, 0.2) is 76.0 Å². The number of rotatable bonds is 5. The largest absolute Gasteiger partial charge is 0.437 e. The molecule has 0 spiro atoms. The Kier molecular flexibility index (Phi) is 6.52. The van der Waals surface area contributed by atoms with Crippen molar-refractivity contribution in [1.29, 1.82) is 0 Å². The third-order valence-corrected chi connectivity index (χ3v) is 7.95. The van der Waals surface area contributed by atoms with Gasteiger partial charge in [0.15, 0.2) is 22.6 Å². The number of aryl methyl sites for hydroxylation is 1. The highest BCUT2D eigenvalue weighted by Crippen LogP contribution is 2.35. The molecular formula is C31H26F3N7O3. The molecule has 1 atom stereocenters. The van der Waals surface area contributed by atoms with Crippen LogP contribution in [-0.4, -0.2) is 53.7 Å². The van der Waals surface area contributed by atoms with Crippen molar-refractivity contribution in [2.45, 2.75) is 32.2 Å². The number of hydrogen-bond acceptors (Lipinski definition) is 8. The van der Waals surface area contributed by atoms with E-state index in [1.807, 2.05) is 36.4 Å². The van der Waals surface area contributed by atoms with E-state index in [4.69, 9.17) is 10.3 Å². The fraction of sp³-hybridized carbons (Fsp3) is 0.226. The summed E-state index contributed by atoms with van der Waals surface area (Å²) in [4.78, 5) is 20.4. The molecule has 3 N–H and O–H groups in total. The first kappa shape index (κ1) is 27.8. The molecule has 3 aromatic carbocycles. The normalized spacial score (nSPS) is 16.0. The number of nitrogens with two attached hydrogens (primary N) is 1. The van der Waals surface area contributed by atoms with Crippen LogP contribution in [0.25, 0.3) is 44.5 Å². The van der Waals surface area contributed by atoms with Gasteiger partial charge in [0.1, 0.15) is 11.3 Å². The zero-order valence-corrected chi connectivity index (χ0v) is 23.4. The van der Waals surface area contributed by atoms with Crippen molar-refractivity contribution >= 4 is 27.8 Å². The molecule has 0 saturated carbocycles. The molecule has 224 valence electrons. The Morgan fingerprint density at radius 2 is 1.82 bits per heavy atom. The average Bonchev–Trinajstić information content (AvgIpc) is 3.70. The smallest absolute Gasteiger partial charge is 0.392 e. The predicted octanol–water partition coefficient (Wildman–Crippen LogP) is 4.86. The lowest BCUT2D eigenvalue weighted by Gasteiger charge is -2.18. The number of fused-ring (bicyclic) bond motifs is 2. The molecule has 7 rings (SSSR count). The maximum absolute atomic E-state index is 14.1. The Hall–Kier alpha value is -5.01. The van der Waals surface area contributed by atoms with E-state index in [-0.39, 0.29) is 29.0 Å². The molecular weight excluding hydrogens is 575 g/mol. The van der Waals surface area contributed by atoms with Crippen LogP contribution < -0.4 is 11.3 Å². The van der Waals surface area contributed by atoms with Crippen molar-refractivity contribution in [3.8, 4) is 22.5 Å². The van der Waals surface area contributed by atoms with E-state index in [2.05, 4.69) is 20.1 Å². The number of nitrogens with zero attached hydrogens (tertiary/aromatic N) is 6.